The molecule has 0 bridgehead atoms. The molecule has 2 heterocycles. The van der Waals surface area contributed by atoms with Crippen molar-refractivity contribution in [1.29, 1.82) is 0 Å². The zero-order chi connectivity index (χ0) is 27.1. The van der Waals surface area contributed by atoms with E-state index in [2.05, 4.69) is 46.6 Å². The zero-order valence-electron chi connectivity index (χ0n) is 22.3. The summed E-state index contributed by atoms with van der Waals surface area (Å²) in [6.45, 7) is 6.43. The van der Waals surface area contributed by atoms with Crippen molar-refractivity contribution in [3.05, 3.63) is 83.1 Å². The van der Waals surface area contributed by atoms with Crippen LogP contribution in [0.2, 0.25) is 0 Å². The minimum atomic E-state index is -0.574. The van der Waals surface area contributed by atoms with Crippen molar-refractivity contribution in [1.82, 2.24) is 9.97 Å². The van der Waals surface area contributed by atoms with Crippen LogP contribution in [0.5, 0.6) is 0 Å². The molecule has 1 atom stereocenters. The van der Waals surface area contributed by atoms with E-state index >= 15 is 0 Å². The minimum absolute atomic E-state index is 0.00244. The van der Waals surface area contributed by atoms with Crippen molar-refractivity contribution < 1.29 is 13.6 Å². The number of hydrogen-bond donors (Lipinski definition) is 3. The van der Waals surface area contributed by atoms with Crippen LogP contribution < -0.4 is 10.6 Å². The normalized spacial score (nSPS) is 12.0. The maximum absolute atomic E-state index is 14.1. The van der Waals surface area contributed by atoms with Gasteiger partial charge in [0.2, 0.25) is 0 Å². The zero-order valence-corrected chi connectivity index (χ0v) is 22.3. The number of nitrogens with one attached hydrogen (secondary N) is 3. The van der Waals surface area contributed by atoms with Gasteiger partial charge in [-0.05, 0) is 67.1 Å². The third-order valence-electron chi connectivity index (χ3n) is 6.96. The molecule has 0 spiro atoms. The molecule has 0 saturated heterocycles. The molecule has 200 valence electrons. The number of nitrogens with zero attached hydrogens (tertiary/aromatic N) is 1. The highest BCUT2D eigenvalue weighted by atomic mass is 19.1. The maximum Gasteiger partial charge on any atom is 0.255 e. The Morgan fingerprint density at radius 3 is 2.45 bits per heavy atom. The van der Waals surface area contributed by atoms with E-state index in [4.69, 9.17) is 0 Å². The van der Waals surface area contributed by atoms with Crippen LogP contribution in [0.1, 0.15) is 86.8 Å². The Kier molecular flexibility index (Phi) is 9.10. The predicted octanol–water partition coefficient (Wildman–Crippen LogP) is 8.86. The number of carbonyl (C=O) groups excluding carboxylic acids is 1. The fourth-order valence-electron chi connectivity index (χ4n) is 4.89. The third-order valence-corrected chi connectivity index (χ3v) is 6.96. The van der Waals surface area contributed by atoms with Crippen LogP contribution in [0.25, 0.3) is 11.0 Å². The molecule has 3 N–H and O–H groups in total. The Labute approximate surface area is 223 Å². The molecule has 2 aromatic carbocycles. The highest BCUT2D eigenvalue weighted by Gasteiger charge is 2.17. The van der Waals surface area contributed by atoms with Gasteiger partial charge in [0, 0.05) is 22.7 Å². The molecule has 0 radical (unpaired) electrons. The summed E-state index contributed by atoms with van der Waals surface area (Å²) in [5.41, 5.74) is 3.95. The summed E-state index contributed by atoms with van der Waals surface area (Å²) in [5, 5.41) is 6.63. The topological polar surface area (TPSA) is 69.8 Å². The first-order valence-corrected chi connectivity index (χ1v) is 13.6. The van der Waals surface area contributed by atoms with Crippen LogP contribution in [0.4, 0.5) is 26.0 Å². The SMILES string of the molecule is CCCCCC(CCC)c1ccc(C(=O)Nc2c(CC)[nH]c3nc(Nc4cc(F)ccc4F)ccc23)cc1. The van der Waals surface area contributed by atoms with Gasteiger partial charge in [-0.3, -0.25) is 4.79 Å². The van der Waals surface area contributed by atoms with E-state index in [0.29, 0.717) is 35.1 Å². The molecule has 0 saturated carbocycles. The maximum atomic E-state index is 14.1. The fourth-order valence-corrected chi connectivity index (χ4v) is 4.89. The van der Waals surface area contributed by atoms with Crippen LogP contribution in [0.3, 0.4) is 0 Å². The van der Waals surface area contributed by atoms with Crippen LogP contribution in [-0.2, 0) is 6.42 Å². The second-order valence-electron chi connectivity index (χ2n) is 9.73. The number of amides is 1. The van der Waals surface area contributed by atoms with Crippen LogP contribution in [-0.4, -0.2) is 15.9 Å². The van der Waals surface area contributed by atoms with Gasteiger partial charge >= 0.3 is 0 Å². The largest absolute Gasteiger partial charge is 0.341 e. The summed E-state index contributed by atoms with van der Waals surface area (Å²) in [4.78, 5) is 21.0. The molecule has 0 aliphatic rings. The molecule has 0 fully saturated rings. The summed E-state index contributed by atoms with van der Waals surface area (Å²) >= 11 is 0. The van der Waals surface area contributed by atoms with Crippen LogP contribution >= 0.6 is 0 Å². The average Bonchev–Trinajstić information content (AvgIpc) is 3.27. The smallest absolute Gasteiger partial charge is 0.255 e. The summed E-state index contributed by atoms with van der Waals surface area (Å²) in [5.74, 6) is -0.415. The fraction of sp³-hybridized carbons (Fsp3) is 0.355. The number of carbonyl (C=O) groups is 1. The molecule has 0 aliphatic heterocycles. The average molecular weight is 519 g/mol. The van der Waals surface area contributed by atoms with E-state index in [1.165, 1.54) is 31.2 Å². The highest BCUT2D eigenvalue weighted by Crippen LogP contribution is 2.31. The van der Waals surface area contributed by atoms with Crippen molar-refractivity contribution in [2.75, 3.05) is 10.6 Å². The third kappa shape index (κ3) is 6.39. The molecule has 4 rings (SSSR count). The Morgan fingerprint density at radius 2 is 1.74 bits per heavy atom. The second kappa shape index (κ2) is 12.7. The number of aromatic amines is 1. The summed E-state index contributed by atoms with van der Waals surface area (Å²) in [6.07, 6.45) is 7.82. The molecule has 38 heavy (non-hydrogen) atoms. The molecule has 1 unspecified atom stereocenters. The van der Waals surface area contributed by atoms with Gasteiger partial charge in [-0.25, -0.2) is 13.8 Å². The molecule has 1 amide bonds. The Morgan fingerprint density at radius 1 is 0.947 bits per heavy atom. The Bertz CT molecular complexity index is 1380. The summed E-state index contributed by atoms with van der Waals surface area (Å²) in [7, 11) is 0. The number of pyridine rings is 1. The van der Waals surface area contributed by atoms with Crippen LogP contribution in [0.15, 0.2) is 54.6 Å². The molecular weight excluding hydrogens is 482 g/mol. The van der Waals surface area contributed by atoms with E-state index in [0.717, 1.165) is 42.1 Å². The number of halogens is 2. The lowest BCUT2D eigenvalue weighted by atomic mass is 9.89. The molecule has 7 heteroatoms. The standard InChI is InChI=1S/C31H36F2N4O/c1-4-7-8-10-20(9-5-2)21-11-13-22(14-12-21)31(38)37-29-24-16-18-28(36-30(24)35-26(29)6-3)34-27-19-23(32)15-17-25(27)33/h11-20H,4-10H2,1-3H3,(H,37,38)(H2,34,35,36). The van der Waals surface area contributed by atoms with Crippen molar-refractivity contribution in [2.45, 2.75) is 71.6 Å². The number of H-pyrrole nitrogens is 1. The monoisotopic (exact) mass is 518 g/mol. The number of aryl methyl sites for hydroxylation is 1. The number of benzene rings is 2. The van der Waals surface area contributed by atoms with Gasteiger partial charge in [0.25, 0.3) is 5.91 Å². The molecule has 5 nitrogen and oxygen atoms in total. The molecule has 2 aromatic heterocycles. The molecule has 4 aromatic rings. The Hall–Kier alpha value is -3.74. The van der Waals surface area contributed by atoms with Gasteiger partial charge in [0.05, 0.1) is 11.4 Å². The van der Waals surface area contributed by atoms with E-state index in [-0.39, 0.29) is 11.6 Å². The van der Waals surface area contributed by atoms with E-state index in [1.807, 2.05) is 25.1 Å². The van der Waals surface area contributed by atoms with Crippen molar-refractivity contribution in [2.24, 2.45) is 0 Å². The number of hydrogen-bond acceptors (Lipinski definition) is 3. The minimum Gasteiger partial charge on any atom is -0.341 e. The molecular formula is C31H36F2N4O. The van der Waals surface area contributed by atoms with Gasteiger partial charge in [0.15, 0.2) is 0 Å². The number of anilines is 3. The van der Waals surface area contributed by atoms with Gasteiger partial charge in [-0.2, -0.15) is 0 Å². The quantitative estimate of drug-likeness (QED) is 0.164. The highest BCUT2D eigenvalue weighted by molar-refractivity contribution is 6.09. The van der Waals surface area contributed by atoms with E-state index in [9.17, 15) is 13.6 Å². The van der Waals surface area contributed by atoms with E-state index < -0.39 is 11.6 Å². The lowest BCUT2D eigenvalue weighted by Crippen LogP contribution is -2.13. The van der Waals surface area contributed by atoms with E-state index in [1.54, 1.807) is 6.07 Å². The first kappa shape index (κ1) is 27.3. The summed E-state index contributed by atoms with van der Waals surface area (Å²) in [6, 6.07) is 14.7. The number of fused-ring (bicyclic) bond motifs is 1. The lowest BCUT2D eigenvalue weighted by Gasteiger charge is -2.17. The molecule has 0 aliphatic carbocycles. The Balaban J connectivity index is 1.52. The van der Waals surface area contributed by atoms with Crippen molar-refractivity contribution >= 4 is 34.1 Å². The predicted molar refractivity (Wildman–Crippen MR) is 151 cm³/mol. The van der Waals surface area contributed by atoms with Crippen molar-refractivity contribution in [3.8, 4) is 0 Å². The second-order valence-corrected chi connectivity index (χ2v) is 9.73. The first-order chi connectivity index (χ1) is 18.4. The van der Waals surface area contributed by atoms with Gasteiger partial charge in [0.1, 0.15) is 23.1 Å². The number of aromatic nitrogens is 2. The van der Waals surface area contributed by atoms with Crippen molar-refractivity contribution in [3.63, 3.8) is 0 Å². The lowest BCUT2D eigenvalue weighted by molar-refractivity contribution is 0.102. The van der Waals surface area contributed by atoms with Gasteiger partial charge in [-0.15, -0.1) is 0 Å². The number of rotatable bonds is 12. The van der Waals surface area contributed by atoms with Gasteiger partial charge in [-0.1, -0.05) is 58.6 Å². The van der Waals surface area contributed by atoms with Crippen LogP contribution in [0, 0.1) is 11.6 Å². The van der Waals surface area contributed by atoms with Gasteiger partial charge < -0.3 is 15.6 Å². The first-order valence-electron chi connectivity index (χ1n) is 13.6. The number of unbranched alkanes of at least 4 members (excludes halogenated alkanes) is 2. The summed E-state index contributed by atoms with van der Waals surface area (Å²) < 4.78 is 27.6.